The van der Waals surface area contributed by atoms with Crippen molar-refractivity contribution < 1.29 is 14.3 Å². The van der Waals surface area contributed by atoms with E-state index >= 15 is 0 Å². The van der Waals surface area contributed by atoms with Crippen molar-refractivity contribution in [1.29, 1.82) is 0 Å². The number of methoxy groups -OCH3 is 2. The number of benzene rings is 1. The van der Waals surface area contributed by atoms with Gasteiger partial charge in [-0.15, -0.1) is 0 Å². The first-order chi connectivity index (χ1) is 12.0. The predicted octanol–water partition coefficient (Wildman–Crippen LogP) is 2.52. The Morgan fingerprint density at radius 2 is 2.04 bits per heavy atom. The van der Waals surface area contributed by atoms with Gasteiger partial charge < -0.3 is 19.8 Å². The van der Waals surface area contributed by atoms with E-state index in [9.17, 15) is 9.59 Å². The Morgan fingerprint density at radius 1 is 1.32 bits per heavy atom. The normalized spacial score (nSPS) is 15.5. The molecule has 0 bridgehead atoms. The van der Waals surface area contributed by atoms with Crippen LogP contribution >= 0.6 is 11.6 Å². The molecule has 138 valence electrons. The molecule has 1 aromatic heterocycles. The van der Waals surface area contributed by atoms with Gasteiger partial charge in [-0.05, 0) is 31.5 Å². The Morgan fingerprint density at radius 3 is 2.60 bits per heavy atom. The van der Waals surface area contributed by atoms with E-state index in [1.807, 2.05) is 13.8 Å². The number of aromatic amines is 1. The number of aromatic nitrogens is 2. The zero-order chi connectivity index (χ0) is 18.8. The number of ether oxygens (including phenoxy) is 2. The Bertz CT molecular complexity index is 742. The number of hydrogen-bond donors (Lipinski definition) is 2. The average Bonchev–Trinajstić information content (AvgIpc) is 3.18. The Kier molecular flexibility index (Phi) is 8.94. The number of halogens is 1. The Hall–Kier alpha value is -2.12. The third kappa shape index (κ3) is 6.03. The van der Waals surface area contributed by atoms with Crippen LogP contribution in [0.2, 0.25) is 5.15 Å². The van der Waals surface area contributed by atoms with E-state index in [4.69, 9.17) is 16.3 Å². The van der Waals surface area contributed by atoms with Crippen LogP contribution in [0.15, 0.2) is 23.0 Å². The fraction of sp³-hybridized carbons (Fsp3) is 0.471. The van der Waals surface area contributed by atoms with Crippen LogP contribution in [0.4, 0.5) is 0 Å². The van der Waals surface area contributed by atoms with Crippen molar-refractivity contribution in [2.45, 2.75) is 32.7 Å². The van der Waals surface area contributed by atoms with Gasteiger partial charge in [0, 0.05) is 6.07 Å². The maximum absolute atomic E-state index is 11.1. The number of carbonyl (C=O) groups is 1. The number of nitrogens with zero attached hydrogens (tertiary/aromatic N) is 1. The molecule has 1 aromatic carbocycles. The van der Waals surface area contributed by atoms with Gasteiger partial charge in [-0.25, -0.2) is 4.98 Å². The molecular formula is C17H24ClN3O4. The summed E-state index contributed by atoms with van der Waals surface area (Å²) in [6, 6.07) is 5.15. The quantitative estimate of drug-likeness (QED) is 0.790. The minimum Gasteiger partial charge on any atom is -0.497 e. The van der Waals surface area contributed by atoms with Crippen LogP contribution in [0.3, 0.4) is 0 Å². The molecule has 1 aliphatic rings. The maximum Gasteiger partial charge on any atom is 0.322 e. The van der Waals surface area contributed by atoms with E-state index in [0.717, 1.165) is 19.4 Å². The summed E-state index contributed by atoms with van der Waals surface area (Å²) in [6.07, 6.45) is 2.01. The summed E-state index contributed by atoms with van der Waals surface area (Å²) in [5.41, 5.74) is 0.849. The Balaban J connectivity index is 0.000000246. The third-order valence-corrected chi connectivity index (χ3v) is 3.66. The van der Waals surface area contributed by atoms with Gasteiger partial charge in [0.2, 0.25) is 0 Å². The molecule has 0 amide bonds. The van der Waals surface area contributed by atoms with Crippen molar-refractivity contribution in [1.82, 2.24) is 15.3 Å². The lowest BCUT2D eigenvalue weighted by Crippen LogP contribution is -2.31. The second-order valence-electron chi connectivity index (χ2n) is 4.91. The molecule has 0 saturated carbocycles. The van der Waals surface area contributed by atoms with Gasteiger partial charge in [-0.3, -0.25) is 9.59 Å². The predicted molar refractivity (Wildman–Crippen MR) is 98.3 cm³/mol. The van der Waals surface area contributed by atoms with E-state index in [-0.39, 0.29) is 17.2 Å². The molecule has 3 rings (SSSR count). The lowest BCUT2D eigenvalue weighted by molar-refractivity contribution is -0.142. The summed E-state index contributed by atoms with van der Waals surface area (Å²) in [5.74, 6) is 0.532. The third-order valence-electron chi connectivity index (χ3n) is 3.40. The van der Waals surface area contributed by atoms with Crippen LogP contribution in [-0.2, 0) is 9.53 Å². The second kappa shape index (κ2) is 10.7. The molecule has 1 atom stereocenters. The average molecular weight is 370 g/mol. The first kappa shape index (κ1) is 20.9. The Labute approximate surface area is 151 Å². The number of carbonyl (C=O) groups excluding carboxylic acids is 1. The SMILES string of the molecule is CC.COC(=O)C1CCCN1.COc1ccc2nc(Cl)c(=O)[nH]c2c1. The van der Waals surface area contributed by atoms with Crippen LogP contribution in [0.1, 0.15) is 26.7 Å². The van der Waals surface area contributed by atoms with Gasteiger partial charge in [0.15, 0.2) is 5.15 Å². The van der Waals surface area contributed by atoms with E-state index in [1.165, 1.54) is 7.11 Å². The fourth-order valence-corrected chi connectivity index (χ4v) is 2.34. The van der Waals surface area contributed by atoms with Gasteiger partial charge in [0.1, 0.15) is 11.8 Å². The summed E-state index contributed by atoms with van der Waals surface area (Å²) in [7, 11) is 2.98. The molecule has 1 fully saturated rings. The van der Waals surface area contributed by atoms with Crippen LogP contribution in [0.25, 0.3) is 11.0 Å². The number of hydrogen-bond acceptors (Lipinski definition) is 6. The van der Waals surface area contributed by atoms with Crippen LogP contribution in [0, 0.1) is 0 Å². The van der Waals surface area contributed by atoms with Crippen molar-refractivity contribution in [3.63, 3.8) is 0 Å². The summed E-state index contributed by atoms with van der Waals surface area (Å²) in [5, 5.41) is 2.98. The standard InChI is InChI=1S/C9H7ClN2O2.C6H11NO2.C2H6/c1-14-5-2-3-6-7(4-5)12-9(13)8(10)11-6;1-9-6(8)5-3-2-4-7-5;1-2/h2-4H,1H3,(H,12,13);5,7H,2-4H2,1H3;1-2H3. The smallest absolute Gasteiger partial charge is 0.322 e. The number of nitrogens with one attached hydrogen (secondary N) is 2. The highest BCUT2D eigenvalue weighted by molar-refractivity contribution is 6.29. The molecule has 1 unspecified atom stereocenters. The molecule has 0 spiro atoms. The van der Waals surface area contributed by atoms with Crippen LogP contribution < -0.4 is 15.6 Å². The number of rotatable bonds is 2. The fourth-order valence-electron chi connectivity index (χ4n) is 2.20. The summed E-state index contributed by atoms with van der Waals surface area (Å²) in [6.45, 7) is 4.94. The number of fused-ring (bicyclic) bond motifs is 1. The van der Waals surface area contributed by atoms with E-state index in [0.29, 0.717) is 16.8 Å². The molecule has 1 aliphatic heterocycles. The van der Waals surface area contributed by atoms with Gasteiger partial charge in [0.25, 0.3) is 5.56 Å². The van der Waals surface area contributed by atoms with Crippen LogP contribution in [0.5, 0.6) is 5.75 Å². The van der Waals surface area contributed by atoms with Crippen molar-refractivity contribution >= 4 is 28.6 Å². The molecule has 0 aliphatic carbocycles. The molecule has 0 radical (unpaired) electrons. The van der Waals surface area contributed by atoms with Crippen LogP contribution in [-0.4, -0.2) is 42.7 Å². The molecule has 1 saturated heterocycles. The summed E-state index contributed by atoms with van der Waals surface area (Å²) >= 11 is 5.58. The first-order valence-electron chi connectivity index (χ1n) is 8.10. The summed E-state index contributed by atoms with van der Waals surface area (Å²) in [4.78, 5) is 28.4. The van der Waals surface area contributed by atoms with Crippen molar-refractivity contribution in [2.24, 2.45) is 0 Å². The minimum absolute atomic E-state index is 0.0324. The summed E-state index contributed by atoms with van der Waals surface area (Å²) < 4.78 is 9.54. The lowest BCUT2D eigenvalue weighted by atomic mass is 10.2. The largest absolute Gasteiger partial charge is 0.497 e. The highest BCUT2D eigenvalue weighted by Crippen LogP contribution is 2.16. The zero-order valence-electron chi connectivity index (χ0n) is 14.9. The highest BCUT2D eigenvalue weighted by atomic mass is 35.5. The van der Waals surface area contributed by atoms with E-state index in [1.54, 1.807) is 25.3 Å². The van der Waals surface area contributed by atoms with Crippen molar-refractivity contribution in [3.05, 3.63) is 33.7 Å². The minimum atomic E-state index is -0.396. The molecule has 7 nitrogen and oxygen atoms in total. The molecular weight excluding hydrogens is 346 g/mol. The van der Waals surface area contributed by atoms with Gasteiger partial charge in [-0.1, -0.05) is 25.4 Å². The molecule has 2 heterocycles. The molecule has 25 heavy (non-hydrogen) atoms. The number of H-pyrrole nitrogens is 1. The van der Waals surface area contributed by atoms with E-state index in [2.05, 4.69) is 20.0 Å². The monoisotopic (exact) mass is 369 g/mol. The first-order valence-corrected chi connectivity index (χ1v) is 8.47. The topological polar surface area (TPSA) is 93.3 Å². The second-order valence-corrected chi connectivity index (χ2v) is 5.27. The molecule has 8 heteroatoms. The number of esters is 1. The van der Waals surface area contributed by atoms with Gasteiger partial charge in [-0.2, -0.15) is 0 Å². The van der Waals surface area contributed by atoms with Gasteiger partial charge >= 0.3 is 5.97 Å². The van der Waals surface area contributed by atoms with Crippen molar-refractivity contribution in [2.75, 3.05) is 20.8 Å². The maximum atomic E-state index is 11.1. The van der Waals surface area contributed by atoms with Gasteiger partial charge in [0.05, 0.1) is 25.3 Å². The van der Waals surface area contributed by atoms with E-state index < -0.39 is 5.56 Å². The highest BCUT2D eigenvalue weighted by Gasteiger charge is 2.21. The molecule has 2 N–H and O–H groups in total. The molecule has 2 aromatic rings. The zero-order valence-corrected chi connectivity index (χ0v) is 15.6. The lowest BCUT2D eigenvalue weighted by Gasteiger charge is -2.04. The van der Waals surface area contributed by atoms with Crippen molar-refractivity contribution in [3.8, 4) is 5.75 Å².